The average molecular weight is 493 g/mol. The normalized spacial score (nSPS) is 12.6. The molecule has 0 saturated carbocycles. The van der Waals surface area contributed by atoms with Crippen molar-refractivity contribution < 1.29 is 9.59 Å². The summed E-state index contributed by atoms with van der Waals surface area (Å²) in [5.74, 6) is 0.0207. The second kappa shape index (κ2) is 13.3. The number of pyridine rings is 1. The molecule has 0 bridgehead atoms. The third kappa shape index (κ3) is 7.80. The predicted octanol–water partition coefficient (Wildman–Crippen LogP) is 4.31. The van der Waals surface area contributed by atoms with Gasteiger partial charge in [-0.2, -0.15) is 10.4 Å². The van der Waals surface area contributed by atoms with Crippen LogP contribution in [0.3, 0.4) is 0 Å². The van der Waals surface area contributed by atoms with E-state index < -0.39 is 0 Å². The molecule has 3 rings (SSSR count). The Morgan fingerprint density at radius 2 is 1.81 bits per heavy atom. The molecule has 1 N–H and O–H groups in total. The molecule has 0 aliphatic rings. The Morgan fingerprint density at radius 1 is 1.08 bits per heavy atom. The molecule has 0 saturated heterocycles. The molecule has 0 spiro atoms. The van der Waals surface area contributed by atoms with Gasteiger partial charge in [0.25, 0.3) is 5.91 Å². The molecule has 0 radical (unpaired) electrons. The van der Waals surface area contributed by atoms with E-state index in [1.165, 1.54) is 6.08 Å². The zero-order valence-electron chi connectivity index (χ0n) is 21.0. The van der Waals surface area contributed by atoms with Gasteiger partial charge in [-0.1, -0.05) is 49.4 Å². The van der Waals surface area contributed by atoms with Gasteiger partial charge >= 0.3 is 0 Å². The summed E-state index contributed by atoms with van der Waals surface area (Å²) in [6, 6.07) is 22.2. The van der Waals surface area contributed by atoms with Gasteiger partial charge in [0.05, 0.1) is 17.8 Å². The fourth-order valence-electron chi connectivity index (χ4n) is 3.39. The second-order valence-electron chi connectivity index (χ2n) is 8.43. The van der Waals surface area contributed by atoms with Crippen molar-refractivity contribution in [3.05, 3.63) is 101 Å². The molecule has 8 nitrogen and oxygen atoms in total. The van der Waals surface area contributed by atoms with E-state index in [0.717, 1.165) is 5.56 Å². The zero-order valence-corrected chi connectivity index (χ0v) is 21.0. The number of aldehydes is 1. The third-order valence-electron chi connectivity index (χ3n) is 5.41. The van der Waals surface area contributed by atoms with E-state index >= 15 is 0 Å². The molecule has 1 heterocycles. The highest BCUT2D eigenvalue weighted by atomic mass is 16.2. The first-order valence-corrected chi connectivity index (χ1v) is 11.7. The number of hydrogen-bond acceptors (Lipinski definition) is 7. The van der Waals surface area contributed by atoms with E-state index in [4.69, 9.17) is 5.26 Å². The maximum Gasteiger partial charge on any atom is 0.275 e. The molecule has 0 aliphatic carbocycles. The summed E-state index contributed by atoms with van der Waals surface area (Å²) < 4.78 is 0. The number of carbonyl (C=O) groups excluding carboxylic acids is 2. The molecule has 1 atom stereocenters. The maximum atomic E-state index is 13.2. The molecule has 1 unspecified atom stereocenters. The first-order chi connectivity index (χ1) is 17.9. The number of carbonyl (C=O) groups is 2. The number of nitrogens with one attached hydrogen (secondary N) is 1. The molecular weight excluding hydrogens is 464 g/mol. The number of hydrazone groups is 1. The predicted molar refractivity (Wildman–Crippen MR) is 147 cm³/mol. The minimum atomic E-state index is -0.378. The summed E-state index contributed by atoms with van der Waals surface area (Å²) >= 11 is 0. The number of nitrogens with zero attached hydrogens (tertiary/aromatic N) is 5. The fourth-order valence-corrected chi connectivity index (χ4v) is 3.39. The van der Waals surface area contributed by atoms with E-state index in [0.29, 0.717) is 46.6 Å². The smallest absolute Gasteiger partial charge is 0.275 e. The molecule has 3 aromatic rings. The van der Waals surface area contributed by atoms with Crippen molar-refractivity contribution >= 4 is 35.5 Å². The van der Waals surface area contributed by atoms with Crippen LogP contribution in [0.4, 0.5) is 5.82 Å². The lowest BCUT2D eigenvalue weighted by molar-refractivity contribution is -0.110. The number of nitriles is 1. The molecule has 1 aromatic heterocycles. The van der Waals surface area contributed by atoms with Crippen LogP contribution < -0.4 is 5.32 Å². The standard InChI is InChI=1S/C29H28N6O2/c1-21(23-11-9-22(17-30)10-12-23)18-32-28(24-7-5-4-6-8-24)29(37)34-27-14-13-25(19-31-27)26(15-16-36)20-33-35(2)3/h4-16,19-21H,18H2,1-3H3,(H,31,34,37)/b26-15+,32-28+,33-20-. The molecular formula is C29H28N6O2. The largest absolute Gasteiger partial charge is 0.305 e. The number of amides is 1. The minimum Gasteiger partial charge on any atom is -0.305 e. The van der Waals surface area contributed by atoms with E-state index in [1.54, 1.807) is 55.8 Å². The van der Waals surface area contributed by atoms with Crippen LogP contribution in [-0.2, 0) is 9.59 Å². The Labute approximate surface area is 216 Å². The van der Waals surface area contributed by atoms with Crippen LogP contribution >= 0.6 is 0 Å². The van der Waals surface area contributed by atoms with E-state index in [-0.39, 0.29) is 11.8 Å². The van der Waals surface area contributed by atoms with Gasteiger partial charge in [-0.15, -0.1) is 0 Å². The topological polar surface area (TPSA) is 111 Å². The number of aliphatic imine (C=N–C) groups is 1. The Bertz CT molecular complexity index is 1340. The van der Waals surface area contributed by atoms with E-state index in [2.05, 4.69) is 26.5 Å². The summed E-state index contributed by atoms with van der Waals surface area (Å²) in [6.07, 6.45) is 5.23. The van der Waals surface area contributed by atoms with Crippen molar-refractivity contribution in [3.8, 4) is 6.07 Å². The minimum absolute atomic E-state index is 0.0449. The Kier molecular flexibility index (Phi) is 9.57. The van der Waals surface area contributed by atoms with Crippen LogP contribution in [0.25, 0.3) is 5.57 Å². The number of allylic oxidation sites excluding steroid dienone is 2. The molecule has 37 heavy (non-hydrogen) atoms. The lowest BCUT2D eigenvalue weighted by Crippen LogP contribution is -2.25. The molecule has 8 heteroatoms. The number of anilines is 1. The van der Waals surface area contributed by atoms with Gasteiger partial charge in [0, 0.05) is 49.5 Å². The Hall–Kier alpha value is -4.90. The van der Waals surface area contributed by atoms with Crippen molar-refractivity contribution in [2.75, 3.05) is 26.0 Å². The summed E-state index contributed by atoms with van der Waals surface area (Å²) in [5.41, 5.74) is 3.90. The lowest BCUT2D eigenvalue weighted by Gasteiger charge is -2.12. The van der Waals surface area contributed by atoms with Crippen LogP contribution in [0, 0.1) is 11.3 Å². The van der Waals surface area contributed by atoms with Crippen molar-refractivity contribution in [2.45, 2.75) is 12.8 Å². The molecule has 1 amide bonds. The SMILES string of the molecule is CC(C/N=C(/C(=O)Nc1ccc(C(/C=N\N(C)C)=C/C=O)cn1)c1ccccc1)c1ccc(C#N)cc1. The quantitative estimate of drug-likeness (QED) is 0.196. The van der Waals surface area contributed by atoms with Gasteiger partial charge in [0.1, 0.15) is 17.8 Å². The van der Waals surface area contributed by atoms with Gasteiger partial charge in [-0.25, -0.2) is 4.98 Å². The highest BCUT2D eigenvalue weighted by Gasteiger charge is 2.16. The first-order valence-electron chi connectivity index (χ1n) is 11.7. The van der Waals surface area contributed by atoms with Crippen LogP contribution in [0.1, 0.15) is 35.1 Å². The highest BCUT2D eigenvalue weighted by Crippen LogP contribution is 2.18. The van der Waals surface area contributed by atoms with Gasteiger partial charge < -0.3 is 10.3 Å². The number of aromatic nitrogens is 1. The summed E-state index contributed by atoms with van der Waals surface area (Å²) in [5, 5.41) is 17.6. The van der Waals surface area contributed by atoms with Crippen LogP contribution in [0.5, 0.6) is 0 Å². The number of hydrogen-bond donors (Lipinski definition) is 1. The van der Waals surface area contributed by atoms with Crippen LogP contribution in [0.15, 0.2) is 89.1 Å². The van der Waals surface area contributed by atoms with Gasteiger partial charge in [-0.05, 0) is 35.9 Å². The van der Waals surface area contributed by atoms with Crippen molar-refractivity contribution in [3.63, 3.8) is 0 Å². The van der Waals surface area contributed by atoms with E-state index in [1.807, 2.05) is 49.4 Å². The number of rotatable bonds is 10. The maximum absolute atomic E-state index is 13.2. The summed E-state index contributed by atoms with van der Waals surface area (Å²) in [6.45, 7) is 2.41. The van der Waals surface area contributed by atoms with Gasteiger partial charge in [-0.3, -0.25) is 14.6 Å². The van der Waals surface area contributed by atoms with Crippen molar-refractivity contribution in [1.82, 2.24) is 9.99 Å². The number of benzene rings is 2. The first kappa shape index (κ1) is 26.7. The second-order valence-corrected chi connectivity index (χ2v) is 8.43. The Morgan fingerprint density at radius 3 is 2.41 bits per heavy atom. The van der Waals surface area contributed by atoms with Crippen molar-refractivity contribution in [2.24, 2.45) is 10.1 Å². The lowest BCUT2D eigenvalue weighted by atomic mass is 10.00. The summed E-state index contributed by atoms with van der Waals surface area (Å²) in [7, 11) is 3.56. The highest BCUT2D eigenvalue weighted by molar-refractivity contribution is 6.48. The molecule has 2 aromatic carbocycles. The molecule has 186 valence electrons. The monoisotopic (exact) mass is 492 g/mol. The average Bonchev–Trinajstić information content (AvgIpc) is 2.92. The van der Waals surface area contributed by atoms with Crippen molar-refractivity contribution in [1.29, 1.82) is 5.26 Å². The Balaban J connectivity index is 1.80. The third-order valence-corrected chi connectivity index (χ3v) is 5.41. The van der Waals surface area contributed by atoms with Crippen LogP contribution in [-0.4, -0.2) is 54.8 Å². The zero-order chi connectivity index (χ0) is 26.6. The van der Waals surface area contributed by atoms with Gasteiger partial charge in [0.15, 0.2) is 0 Å². The van der Waals surface area contributed by atoms with Gasteiger partial charge in [0.2, 0.25) is 0 Å². The van der Waals surface area contributed by atoms with Crippen LogP contribution in [0.2, 0.25) is 0 Å². The summed E-state index contributed by atoms with van der Waals surface area (Å²) in [4.78, 5) is 33.3. The fraction of sp³-hybridized carbons (Fsp3) is 0.172. The molecule has 0 fully saturated rings. The van der Waals surface area contributed by atoms with E-state index in [9.17, 15) is 9.59 Å². The molecule has 0 aliphatic heterocycles.